The molecule has 0 aliphatic heterocycles. The van der Waals surface area contributed by atoms with E-state index in [-0.39, 0.29) is 19.1 Å². The maximum atomic E-state index is 11.7. The van der Waals surface area contributed by atoms with Crippen LogP contribution in [0.1, 0.15) is 20.7 Å². The number of nitrogens with zero attached hydrogens (tertiary/aromatic N) is 2. The second kappa shape index (κ2) is 6.98. The molecule has 2 aromatic rings. The van der Waals surface area contributed by atoms with Crippen molar-refractivity contribution in [3.63, 3.8) is 0 Å². The Morgan fingerprint density at radius 2 is 1.70 bits per heavy atom. The molecule has 0 bridgehead atoms. The van der Waals surface area contributed by atoms with Crippen LogP contribution in [0.3, 0.4) is 0 Å². The Morgan fingerprint density at radius 1 is 1.05 bits per heavy atom. The molecule has 0 atom stereocenters. The van der Waals surface area contributed by atoms with Crippen molar-refractivity contribution in [2.45, 2.75) is 0 Å². The summed E-state index contributed by atoms with van der Waals surface area (Å²) in [5.74, 6) is -0.718. The molecule has 1 amide bonds. The van der Waals surface area contributed by atoms with Crippen LogP contribution in [0.25, 0.3) is 0 Å². The number of aromatic nitrogens is 2. The number of esters is 1. The van der Waals surface area contributed by atoms with E-state index in [9.17, 15) is 9.59 Å². The predicted molar refractivity (Wildman–Crippen MR) is 71.1 cm³/mol. The number of pyridine rings is 2. The molecule has 0 saturated carbocycles. The van der Waals surface area contributed by atoms with Crippen molar-refractivity contribution in [1.29, 1.82) is 0 Å². The molecule has 6 nitrogen and oxygen atoms in total. The molecule has 2 heterocycles. The number of hydrogen-bond donors (Lipinski definition) is 1. The first kappa shape index (κ1) is 13.7. The summed E-state index contributed by atoms with van der Waals surface area (Å²) in [4.78, 5) is 30.9. The fraction of sp³-hybridized carbons (Fsp3) is 0.143. The van der Waals surface area contributed by atoms with Crippen molar-refractivity contribution >= 4 is 11.9 Å². The van der Waals surface area contributed by atoms with E-state index in [4.69, 9.17) is 4.74 Å². The van der Waals surface area contributed by atoms with Crippen LogP contribution in [0.2, 0.25) is 0 Å². The van der Waals surface area contributed by atoms with Crippen molar-refractivity contribution in [1.82, 2.24) is 15.3 Å². The van der Waals surface area contributed by atoms with Crippen LogP contribution in [-0.2, 0) is 4.74 Å². The van der Waals surface area contributed by atoms with Crippen molar-refractivity contribution in [3.05, 3.63) is 60.2 Å². The molecule has 2 rings (SSSR count). The molecule has 0 unspecified atom stereocenters. The summed E-state index contributed by atoms with van der Waals surface area (Å²) in [6.45, 7) is 0.333. The monoisotopic (exact) mass is 271 g/mol. The molecule has 0 aromatic carbocycles. The second-order valence-corrected chi connectivity index (χ2v) is 3.88. The molecule has 0 saturated heterocycles. The van der Waals surface area contributed by atoms with Gasteiger partial charge in [-0.15, -0.1) is 0 Å². The van der Waals surface area contributed by atoms with Gasteiger partial charge in [0.2, 0.25) is 0 Å². The fourth-order valence-electron chi connectivity index (χ4n) is 1.47. The lowest BCUT2D eigenvalue weighted by atomic mass is 10.3. The van der Waals surface area contributed by atoms with Crippen LogP contribution in [-0.4, -0.2) is 35.0 Å². The number of nitrogens with one attached hydrogen (secondary N) is 1. The lowest BCUT2D eigenvalue weighted by Gasteiger charge is -2.06. The Kier molecular flexibility index (Phi) is 4.77. The Hall–Kier alpha value is -2.76. The van der Waals surface area contributed by atoms with Gasteiger partial charge in [0.05, 0.1) is 17.7 Å². The zero-order valence-corrected chi connectivity index (χ0v) is 10.7. The maximum absolute atomic E-state index is 11.7. The average Bonchev–Trinajstić information content (AvgIpc) is 2.53. The van der Waals surface area contributed by atoms with Gasteiger partial charge in [-0.1, -0.05) is 0 Å². The summed E-state index contributed by atoms with van der Waals surface area (Å²) in [5.41, 5.74) is 0.845. The molecule has 0 fully saturated rings. The number of amides is 1. The second-order valence-electron chi connectivity index (χ2n) is 3.88. The predicted octanol–water partition coefficient (Wildman–Crippen LogP) is 1.06. The molecule has 6 heteroatoms. The van der Waals surface area contributed by atoms with Gasteiger partial charge in [-0.05, 0) is 24.3 Å². The largest absolute Gasteiger partial charge is 0.460 e. The summed E-state index contributed by atoms with van der Waals surface area (Å²) in [7, 11) is 0. The van der Waals surface area contributed by atoms with Gasteiger partial charge in [0.1, 0.15) is 6.61 Å². The number of hydrogen-bond acceptors (Lipinski definition) is 5. The van der Waals surface area contributed by atoms with E-state index >= 15 is 0 Å². The first-order valence-corrected chi connectivity index (χ1v) is 6.03. The summed E-state index contributed by atoms with van der Waals surface area (Å²) >= 11 is 0. The summed E-state index contributed by atoms with van der Waals surface area (Å²) in [6.07, 6.45) is 6.06. The van der Waals surface area contributed by atoms with E-state index < -0.39 is 5.97 Å². The van der Waals surface area contributed by atoms with Gasteiger partial charge in [-0.3, -0.25) is 14.8 Å². The molecule has 0 radical (unpaired) electrons. The molecule has 0 aliphatic carbocycles. The van der Waals surface area contributed by atoms with E-state index in [1.807, 2.05) is 0 Å². The standard InChI is InChI=1S/C14H13N3O3/c18-13(11-3-1-5-15-9-11)17-7-8-20-14(19)12-4-2-6-16-10-12/h1-6,9-10H,7-8H2,(H,17,18). The number of rotatable bonds is 5. The van der Waals surface area contributed by atoms with Crippen molar-refractivity contribution in [3.8, 4) is 0 Å². The van der Waals surface area contributed by atoms with Crippen molar-refractivity contribution < 1.29 is 14.3 Å². The zero-order valence-electron chi connectivity index (χ0n) is 10.7. The minimum atomic E-state index is -0.464. The van der Waals surface area contributed by atoms with Gasteiger partial charge in [0.15, 0.2) is 0 Å². The van der Waals surface area contributed by atoms with Gasteiger partial charge >= 0.3 is 5.97 Å². The SMILES string of the molecule is O=C(NCCOC(=O)c1cccnc1)c1cccnc1. The van der Waals surface area contributed by atoms with Crippen LogP contribution in [0.4, 0.5) is 0 Å². The van der Waals surface area contributed by atoms with Gasteiger partial charge in [-0.2, -0.15) is 0 Å². The van der Waals surface area contributed by atoms with Crippen molar-refractivity contribution in [2.24, 2.45) is 0 Å². The van der Waals surface area contributed by atoms with E-state index in [0.29, 0.717) is 11.1 Å². The van der Waals surface area contributed by atoms with Gasteiger partial charge < -0.3 is 10.1 Å². The molecular formula is C14H13N3O3. The highest BCUT2D eigenvalue weighted by Crippen LogP contribution is 1.98. The van der Waals surface area contributed by atoms with Gasteiger partial charge in [-0.25, -0.2) is 4.79 Å². The Balaban J connectivity index is 1.72. The summed E-state index contributed by atoms with van der Waals surface area (Å²) < 4.78 is 5.01. The van der Waals surface area contributed by atoms with Crippen LogP contribution in [0.5, 0.6) is 0 Å². The highest BCUT2D eigenvalue weighted by Gasteiger charge is 2.07. The third-order valence-corrected chi connectivity index (χ3v) is 2.44. The minimum absolute atomic E-state index is 0.0970. The Labute approximate surface area is 115 Å². The molecule has 0 aliphatic rings. The van der Waals surface area contributed by atoms with E-state index in [0.717, 1.165) is 0 Å². The third kappa shape index (κ3) is 3.88. The average molecular weight is 271 g/mol. The third-order valence-electron chi connectivity index (χ3n) is 2.44. The highest BCUT2D eigenvalue weighted by molar-refractivity contribution is 5.93. The van der Waals surface area contributed by atoms with Crippen molar-refractivity contribution in [2.75, 3.05) is 13.2 Å². The van der Waals surface area contributed by atoms with Crippen LogP contribution in [0.15, 0.2) is 49.1 Å². The topological polar surface area (TPSA) is 81.2 Å². The van der Waals surface area contributed by atoms with Gasteiger partial charge in [0, 0.05) is 24.8 Å². The molecule has 2 aromatic heterocycles. The fourth-order valence-corrected chi connectivity index (χ4v) is 1.47. The Morgan fingerprint density at radius 3 is 2.30 bits per heavy atom. The number of carbonyl (C=O) groups excluding carboxylic acids is 2. The van der Waals surface area contributed by atoms with E-state index in [1.54, 1.807) is 36.7 Å². The maximum Gasteiger partial charge on any atom is 0.339 e. The number of ether oxygens (including phenoxy) is 1. The molecule has 102 valence electrons. The molecular weight excluding hydrogens is 258 g/mol. The molecule has 1 N–H and O–H groups in total. The Bertz CT molecular complexity index is 519. The van der Waals surface area contributed by atoms with E-state index in [2.05, 4.69) is 15.3 Å². The van der Waals surface area contributed by atoms with E-state index in [1.165, 1.54) is 12.4 Å². The number of carbonyl (C=O) groups is 2. The van der Waals surface area contributed by atoms with Crippen LogP contribution in [0, 0.1) is 0 Å². The summed E-state index contributed by atoms with van der Waals surface area (Å²) in [5, 5.41) is 2.63. The zero-order chi connectivity index (χ0) is 14.2. The molecule has 0 spiro atoms. The lowest BCUT2D eigenvalue weighted by molar-refractivity contribution is 0.0502. The molecule has 20 heavy (non-hydrogen) atoms. The first-order chi connectivity index (χ1) is 9.77. The first-order valence-electron chi connectivity index (χ1n) is 6.03. The minimum Gasteiger partial charge on any atom is -0.460 e. The van der Waals surface area contributed by atoms with Crippen LogP contribution < -0.4 is 5.32 Å². The lowest BCUT2D eigenvalue weighted by Crippen LogP contribution is -2.28. The summed E-state index contributed by atoms with van der Waals surface area (Å²) in [6, 6.07) is 6.60. The quantitative estimate of drug-likeness (QED) is 0.649. The highest BCUT2D eigenvalue weighted by atomic mass is 16.5. The smallest absolute Gasteiger partial charge is 0.339 e. The van der Waals surface area contributed by atoms with Crippen LogP contribution >= 0.6 is 0 Å². The normalized spacial score (nSPS) is 9.80. The van der Waals surface area contributed by atoms with Gasteiger partial charge in [0.25, 0.3) is 5.91 Å².